The molecule has 13 heteroatoms. The first-order valence-electron chi connectivity index (χ1n) is 22.9. The van der Waals surface area contributed by atoms with Gasteiger partial charge in [0.2, 0.25) is 0 Å². The summed E-state index contributed by atoms with van der Waals surface area (Å²) in [5.74, 6) is -1.77. The number of nitrogens with zero attached hydrogens (tertiary/aromatic N) is 2. The van der Waals surface area contributed by atoms with Crippen molar-refractivity contribution in [1.82, 2.24) is 0 Å². The van der Waals surface area contributed by atoms with Crippen molar-refractivity contribution in [2.45, 2.75) is 114 Å². The highest BCUT2D eigenvalue weighted by molar-refractivity contribution is 8.06. The van der Waals surface area contributed by atoms with Crippen molar-refractivity contribution in [3.63, 3.8) is 0 Å². The maximum Gasteiger partial charge on any atom is 0.251 e. The molecule has 0 spiro atoms. The number of hydrogen-bond acceptors (Lipinski definition) is 11. The van der Waals surface area contributed by atoms with Crippen LogP contribution in [0.4, 0.5) is 11.4 Å². The molecule has 0 unspecified atom stereocenters. The van der Waals surface area contributed by atoms with Crippen molar-refractivity contribution in [2.24, 2.45) is 34.4 Å². The Hall–Kier alpha value is -5.25. The standard InChI is InChI=1S/C52H66N8O4S/c1-3-51(57,29-15-31-53)49(63)59-41-23-13-11-21-37(41)33-43(45(59)47(61)39(55)27-25-35-17-7-5-8-18-35)65-44-34-38-22-12-14-24-42(38)60(50(64)52(58,4-2)30-16-32-54)46(44)48(62)40(56)28-26-36-19-9-6-10-20-36/h5-14,17-24,39-40H,3-4,15-16,25-34,53-58H2,1-2H3/t39-,40-,51-,52-/m0/s1. The van der Waals surface area contributed by atoms with E-state index in [0.29, 0.717) is 85.6 Å². The van der Waals surface area contributed by atoms with Crippen molar-refractivity contribution in [3.8, 4) is 0 Å². The fourth-order valence-corrected chi connectivity index (χ4v) is 10.0. The minimum Gasteiger partial charge on any atom is -0.330 e. The second-order valence-electron chi connectivity index (χ2n) is 17.3. The lowest BCUT2D eigenvalue weighted by Gasteiger charge is -2.41. The van der Waals surface area contributed by atoms with Crippen molar-refractivity contribution >= 4 is 46.5 Å². The quantitative estimate of drug-likeness (QED) is 0.0530. The summed E-state index contributed by atoms with van der Waals surface area (Å²) in [5, 5.41) is 0. The van der Waals surface area contributed by atoms with Crippen LogP contribution in [0.25, 0.3) is 0 Å². The topological polar surface area (TPSA) is 231 Å². The molecule has 6 rings (SSSR count). The van der Waals surface area contributed by atoms with Crippen molar-refractivity contribution < 1.29 is 19.2 Å². The monoisotopic (exact) mass is 898 g/mol. The summed E-state index contributed by atoms with van der Waals surface area (Å²) in [5.41, 5.74) is 41.9. The molecule has 0 aliphatic carbocycles. The summed E-state index contributed by atoms with van der Waals surface area (Å²) >= 11 is 1.22. The maximum atomic E-state index is 15.3. The Morgan fingerprint density at radius 1 is 0.569 bits per heavy atom. The molecule has 0 radical (unpaired) electrons. The predicted molar refractivity (Wildman–Crippen MR) is 263 cm³/mol. The van der Waals surface area contributed by atoms with E-state index >= 15 is 19.2 Å². The molecular formula is C52H66N8O4S. The predicted octanol–water partition coefficient (Wildman–Crippen LogP) is 6.07. The molecule has 344 valence electrons. The molecule has 2 aliphatic heterocycles. The Morgan fingerprint density at radius 3 is 1.28 bits per heavy atom. The average molecular weight is 899 g/mol. The van der Waals surface area contributed by atoms with Gasteiger partial charge in [0.1, 0.15) is 11.4 Å². The van der Waals surface area contributed by atoms with Crippen molar-refractivity contribution in [1.29, 1.82) is 0 Å². The first-order valence-corrected chi connectivity index (χ1v) is 23.8. The Balaban J connectivity index is 1.57. The van der Waals surface area contributed by atoms with Gasteiger partial charge in [0.15, 0.2) is 11.6 Å². The van der Waals surface area contributed by atoms with Gasteiger partial charge in [0.25, 0.3) is 11.8 Å². The fourth-order valence-electron chi connectivity index (χ4n) is 8.69. The summed E-state index contributed by atoms with van der Waals surface area (Å²) < 4.78 is 0. The van der Waals surface area contributed by atoms with Crippen LogP contribution in [-0.4, -0.2) is 59.6 Å². The number of anilines is 2. The van der Waals surface area contributed by atoms with Crippen LogP contribution in [0, 0.1) is 0 Å². The van der Waals surface area contributed by atoms with Crippen LogP contribution in [0.15, 0.2) is 130 Å². The summed E-state index contributed by atoms with van der Waals surface area (Å²) in [6.45, 7) is 4.37. The molecule has 2 aliphatic rings. The van der Waals surface area contributed by atoms with Gasteiger partial charge in [-0.15, -0.1) is 0 Å². The summed E-state index contributed by atoms with van der Waals surface area (Å²) in [4.78, 5) is 64.9. The number of thioether (sulfide) groups is 1. The molecule has 4 atom stereocenters. The highest BCUT2D eigenvalue weighted by Gasteiger charge is 2.46. The van der Waals surface area contributed by atoms with E-state index in [1.165, 1.54) is 21.6 Å². The number of hydrogen-bond donors (Lipinski definition) is 6. The van der Waals surface area contributed by atoms with Gasteiger partial charge in [-0.1, -0.05) is 123 Å². The van der Waals surface area contributed by atoms with Gasteiger partial charge in [0, 0.05) is 22.7 Å². The third kappa shape index (κ3) is 11.1. The third-order valence-electron chi connectivity index (χ3n) is 12.9. The van der Waals surface area contributed by atoms with E-state index in [1.54, 1.807) is 0 Å². The maximum absolute atomic E-state index is 15.3. The number of allylic oxidation sites excluding steroid dienone is 2. The lowest BCUT2D eigenvalue weighted by molar-refractivity contribution is -0.125. The van der Waals surface area contributed by atoms with Gasteiger partial charge in [-0.2, -0.15) is 0 Å². The number of nitrogens with two attached hydrogens (primary N) is 6. The molecule has 4 aromatic carbocycles. The summed E-state index contributed by atoms with van der Waals surface area (Å²) in [6.07, 6.45) is 4.29. The zero-order valence-corrected chi connectivity index (χ0v) is 38.7. The summed E-state index contributed by atoms with van der Waals surface area (Å²) in [7, 11) is 0. The average Bonchev–Trinajstić information content (AvgIpc) is 3.34. The Kier molecular flexibility index (Phi) is 16.9. The van der Waals surface area contributed by atoms with E-state index in [0.717, 1.165) is 22.3 Å². The van der Waals surface area contributed by atoms with E-state index in [4.69, 9.17) is 34.4 Å². The van der Waals surface area contributed by atoms with E-state index in [1.807, 2.05) is 123 Å². The van der Waals surface area contributed by atoms with Gasteiger partial charge in [-0.3, -0.25) is 29.0 Å². The first kappa shape index (κ1) is 49.2. The second kappa shape index (κ2) is 22.3. The van der Waals surface area contributed by atoms with Crippen LogP contribution in [0.3, 0.4) is 0 Å². The number of carbonyl (C=O) groups excluding carboxylic acids is 4. The molecule has 2 amide bonds. The molecule has 4 aromatic rings. The number of Topliss-reactive ketones (excluding diaryl/α,β-unsaturated/α-hetero) is 2. The van der Waals surface area contributed by atoms with Crippen LogP contribution in [0.1, 0.15) is 87.5 Å². The molecule has 12 nitrogen and oxygen atoms in total. The first-order chi connectivity index (χ1) is 31.3. The highest BCUT2D eigenvalue weighted by Crippen LogP contribution is 2.47. The Bertz CT molecular complexity index is 2230. The molecule has 0 aromatic heterocycles. The number of ketones is 2. The minimum absolute atomic E-state index is 0.101. The lowest BCUT2D eigenvalue weighted by atomic mass is 9.87. The number of carbonyl (C=O) groups is 4. The lowest BCUT2D eigenvalue weighted by Crippen LogP contribution is -2.57. The zero-order valence-electron chi connectivity index (χ0n) is 37.8. The molecule has 0 saturated heterocycles. The molecule has 0 saturated carbocycles. The highest BCUT2D eigenvalue weighted by atomic mass is 32.2. The third-order valence-corrected chi connectivity index (χ3v) is 14.0. The zero-order chi connectivity index (χ0) is 46.7. The van der Waals surface area contributed by atoms with Crippen LogP contribution in [0.2, 0.25) is 0 Å². The minimum atomic E-state index is -1.37. The van der Waals surface area contributed by atoms with Gasteiger partial charge in [-0.05, 0) is 112 Å². The number of amides is 2. The normalized spacial score (nSPS) is 16.6. The van der Waals surface area contributed by atoms with Crippen molar-refractivity contribution in [3.05, 3.63) is 153 Å². The van der Waals surface area contributed by atoms with Crippen LogP contribution in [0.5, 0.6) is 0 Å². The van der Waals surface area contributed by atoms with Gasteiger partial charge in [-0.25, -0.2) is 0 Å². The Labute approximate surface area is 388 Å². The Morgan fingerprint density at radius 2 is 0.923 bits per heavy atom. The molecule has 65 heavy (non-hydrogen) atoms. The number of aryl methyl sites for hydroxylation is 2. The van der Waals surface area contributed by atoms with Crippen LogP contribution >= 0.6 is 11.8 Å². The number of benzene rings is 4. The fraction of sp³-hybridized carbons (Fsp3) is 0.385. The van der Waals surface area contributed by atoms with E-state index in [-0.39, 0.29) is 37.1 Å². The molecule has 0 bridgehead atoms. The van der Waals surface area contributed by atoms with E-state index < -0.39 is 46.5 Å². The molecule has 12 N–H and O–H groups in total. The SMILES string of the molecule is CC[C@](N)(CCCN)C(=O)N1C(C(=O)[C@@H](N)CCc2ccccc2)=C(SC2=C(C(=O)[C@@H](N)CCc3ccccc3)N(C(=O)[C@](N)(CC)CCCN)c3ccccc3C2)Cc2ccccc21. The van der Waals surface area contributed by atoms with Crippen molar-refractivity contribution in [2.75, 3.05) is 22.9 Å². The second-order valence-corrected chi connectivity index (χ2v) is 18.5. The van der Waals surface area contributed by atoms with Crippen LogP contribution < -0.4 is 44.2 Å². The largest absolute Gasteiger partial charge is 0.330 e. The van der Waals surface area contributed by atoms with Gasteiger partial charge >= 0.3 is 0 Å². The number of rotatable bonds is 22. The van der Waals surface area contributed by atoms with Crippen LogP contribution in [-0.2, 0) is 44.9 Å². The van der Waals surface area contributed by atoms with Gasteiger partial charge < -0.3 is 34.4 Å². The van der Waals surface area contributed by atoms with E-state index in [9.17, 15) is 0 Å². The smallest absolute Gasteiger partial charge is 0.251 e. The molecule has 0 fully saturated rings. The van der Waals surface area contributed by atoms with E-state index in [2.05, 4.69) is 0 Å². The number of fused-ring (bicyclic) bond motifs is 2. The molecular weight excluding hydrogens is 833 g/mol. The molecule has 2 heterocycles. The number of para-hydroxylation sites is 2. The summed E-state index contributed by atoms with van der Waals surface area (Å²) in [6, 6.07) is 32.5. The van der Waals surface area contributed by atoms with Gasteiger partial charge in [0.05, 0.1) is 34.5 Å².